The molecule has 4 N–H and O–H groups in total. The van der Waals surface area contributed by atoms with Gasteiger partial charge in [0.2, 0.25) is 11.8 Å². The predicted octanol–water partition coefficient (Wildman–Crippen LogP) is -0.169. The quantitative estimate of drug-likeness (QED) is 0.606. The minimum Gasteiger partial charge on any atom is -0.369 e. The summed E-state index contributed by atoms with van der Waals surface area (Å²) in [5.74, 6) is -0.428. The SMILES string of the molecule is CCC(C)(C)NC(=O)CN(CC(N)=O)C1CCNCC1. The van der Waals surface area contributed by atoms with Crippen LogP contribution in [-0.4, -0.2) is 54.5 Å². The highest BCUT2D eigenvalue weighted by Crippen LogP contribution is 2.12. The number of nitrogens with one attached hydrogen (secondary N) is 2. The van der Waals surface area contributed by atoms with Gasteiger partial charge in [-0.3, -0.25) is 14.5 Å². The van der Waals surface area contributed by atoms with E-state index in [0.29, 0.717) is 0 Å². The Morgan fingerprint density at radius 1 is 1.30 bits per heavy atom. The molecule has 20 heavy (non-hydrogen) atoms. The van der Waals surface area contributed by atoms with Crippen LogP contribution in [0.25, 0.3) is 0 Å². The van der Waals surface area contributed by atoms with E-state index in [0.717, 1.165) is 32.4 Å². The molecule has 0 radical (unpaired) electrons. The van der Waals surface area contributed by atoms with Gasteiger partial charge in [0, 0.05) is 11.6 Å². The van der Waals surface area contributed by atoms with Gasteiger partial charge in [0.15, 0.2) is 0 Å². The zero-order valence-electron chi connectivity index (χ0n) is 12.9. The van der Waals surface area contributed by atoms with E-state index in [1.807, 2.05) is 25.7 Å². The Kier molecular flexibility index (Phi) is 6.42. The first kappa shape index (κ1) is 16.9. The van der Waals surface area contributed by atoms with Crippen LogP contribution in [-0.2, 0) is 9.59 Å². The van der Waals surface area contributed by atoms with Crippen molar-refractivity contribution in [1.82, 2.24) is 15.5 Å². The fraction of sp³-hybridized carbons (Fsp3) is 0.857. The normalized spacial score (nSPS) is 17.2. The molecule has 6 nitrogen and oxygen atoms in total. The second-order valence-corrected chi connectivity index (χ2v) is 6.14. The number of carbonyl (C=O) groups is 2. The van der Waals surface area contributed by atoms with Crippen LogP contribution < -0.4 is 16.4 Å². The van der Waals surface area contributed by atoms with Crippen molar-refractivity contribution in [2.75, 3.05) is 26.2 Å². The Balaban J connectivity index is 2.59. The van der Waals surface area contributed by atoms with E-state index < -0.39 is 0 Å². The highest BCUT2D eigenvalue weighted by molar-refractivity contribution is 5.80. The third kappa shape index (κ3) is 5.88. The summed E-state index contributed by atoms with van der Waals surface area (Å²) in [5, 5.41) is 6.28. The third-order valence-corrected chi connectivity index (χ3v) is 3.89. The largest absolute Gasteiger partial charge is 0.369 e. The first-order valence-corrected chi connectivity index (χ1v) is 7.38. The number of carbonyl (C=O) groups excluding carboxylic acids is 2. The van der Waals surface area contributed by atoms with Crippen molar-refractivity contribution >= 4 is 11.8 Å². The van der Waals surface area contributed by atoms with E-state index in [1.165, 1.54) is 0 Å². The summed E-state index contributed by atoms with van der Waals surface area (Å²) >= 11 is 0. The lowest BCUT2D eigenvalue weighted by atomic mass is 10.0. The van der Waals surface area contributed by atoms with Gasteiger partial charge in [-0.2, -0.15) is 0 Å². The maximum Gasteiger partial charge on any atom is 0.234 e. The number of rotatable bonds is 7. The van der Waals surface area contributed by atoms with Crippen LogP contribution >= 0.6 is 0 Å². The zero-order chi connectivity index (χ0) is 15.2. The minimum absolute atomic E-state index is 0.0448. The lowest BCUT2D eigenvalue weighted by Gasteiger charge is -2.34. The fourth-order valence-electron chi connectivity index (χ4n) is 2.38. The summed E-state index contributed by atoms with van der Waals surface area (Å²) in [6, 6.07) is 0.249. The number of hydrogen-bond donors (Lipinski definition) is 3. The van der Waals surface area contributed by atoms with Crippen LogP contribution in [0.3, 0.4) is 0 Å². The van der Waals surface area contributed by atoms with E-state index >= 15 is 0 Å². The molecule has 0 bridgehead atoms. The van der Waals surface area contributed by atoms with Crippen molar-refractivity contribution in [1.29, 1.82) is 0 Å². The van der Waals surface area contributed by atoms with Crippen molar-refractivity contribution in [3.05, 3.63) is 0 Å². The molecule has 0 aliphatic carbocycles. The Morgan fingerprint density at radius 2 is 1.90 bits per heavy atom. The molecule has 1 saturated heterocycles. The molecule has 0 spiro atoms. The Morgan fingerprint density at radius 3 is 2.40 bits per heavy atom. The summed E-state index contributed by atoms with van der Waals surface area (Å²) in [7, 11) is 0. The molecule has 1 aliphatic rings. The maximum atomic E-state index is 12.1. The number of amides is 2. The van der Waals surface area contributed by atoms with Gasteiger partial charge in [-0.15, -0.1) is 0 Å². The highest BCUT2D eigenvalue weighted by atomic mass is 16.2. The predicted molar refractivity (Wildman–Crippen MR) is 79.2 cm³/mol. The molecule has 0 atom stereocenters. The standard InChI is InChI=1S/C14H28N4O2/c1-4-14(2,3)17-13(20)10-18(9-12(15)19)11-5-7-16-8-6-11/h11,16H,4-10H2,1-3H3,(H2,15,19)(H,17,20). The molecule has 0 unspecified atom stereocenters. The van der Waals surface area contributed by atoms with E-state index in [-0.39, 0.29) is 36.5 Å². The number of hydrogen-bond acceptors (Lipinski definition) is 4. The van der Waals surface area contributed by atoms with Crippen molar-refractivity contribution in [3.63, 3.8) is 0 Å². The molecule has 0 aromatic carbocycles. The summed E-state index contributed by atoms with van der Waals surface area (Å²) in [5.41, 5.74) is 5.08. The topological polar surface area (TPSA) is 87.5 Å². The molecule has 2 amide bonds. The molecule has 1 heterocycles. The van der Waals surface area contributed by atoms with Crippen LogP contribution in [0, 0.1) is 0 Å². The van der Waals surface area contributed by atoms with E-state index in [9.17, 15) is 9.59 Å². The van der Waals surface area contributed by atoms with E-state index in [4.69, 9.17) is 5.73 Å². The lowest BCUT2D eigenvalue weighted by Crippen LogP contribution is -2.52. The van der Waals surface area contributed by atoms with Crippen LogP contribution in [0.2, 0.25) is 0 Å². The van der Waals surface area contributed by atoms with Crippen molar-refractivity contribution in [2.24, 2.45) is 5.73 Å². The number of piperidine rings is 1. The van der Waals surface area contributed by atoms with Gasteiger partial charge in [-0.1, -0.05) is 6.92 Å². The fourth-order valence-corrected chi connectivity index (χ4v) is 2.38. The van der Waals surface area contributed by atoms with Crippen LogP contribution in [0.1, 0.15) is 40.0 Å². The van der Waals surface area contributed by atoms with E-state index in [2.05, 4.69) is 10.6 Å². The van der Waals surface area contributed by atoms with Crippen LogP contribution in [0.15, 0.2) is 0 Å². The van der Waals surface area contributed by atoms with Gasteiger partial charge in [0.05, 0.1) is 13.1 Å². The molecule has 1 rings (SSSR count). The molecule has 0 saturated carbocycles. The van der Waals surface area contributed by atoms with Gasteiger partial charge in [0.1, 0.15) is 0 Å². The molecular formula is C14H28N4O2. The first-order valence-electron chi connectivity index (χ1n) is 7.38. The second-order valence-electron chi connectivity index (χ2n) is 6.14. The second kappa shape index (κ2) is 7.59. The van der Waals surface area contributed by atoms with E-state index in [1.54, 1.807) is 0 Å². The Labute approximate surface area is 121 Å². The summed E-state index contributed by atoms with van der Waals surface area (Å²) in [4.78, 5) is 25.2. The molecular weight excluding hydrogens is 256 g/mol. The monoisotopic (exact) mass is 284 g/mol. The number of nitrogens with zero attached hydrogens (tertiary/aromatic N) is 1. The van der Waals surface area contributed by atoms with Gasteiger partial charge >= 0.3 is 0 Å². The molecule has 1 fully saturated rings. The lowest BCUT2D eigenvalue weighted by molar-refractivity contribution is -0.126. The molecule has 1 aliphatic heterocycles. The third-order valence-electron chi connectivity index (χ3n) is 3.89. The van der Waals surface area contributed by atoms with Crippen LogP contribution in [0.5, 0.6) is 0 Å². The van der Waals surface area contributed by atoms with Gasteiger partial charge in [0.25, 0.3) is 0 Å². The van der Waals surface area contributed by atoms with Crippen molar-refractivity contribution < 1.29 is 9.59 Å². The summed E-state index contributed by atoms with van der Waals surface area (Å²) in [6.07, 6.45) is 2.75. The Hall–Kier alpha value is -1.14. The molecule has 0 aromatic heterocycles. The molecule has 6 heteroatoms. The zero-order valence-corrected chi connectivity index (χ0v) is 12.9. The van der Waals surface area contributed by atoms with Gasteiger partial charge in [-0.25, -0.2) is 0 Å². The minimum atomic E-state index is -0.383. The molecule has 0 aromatic rings. The smallest absolute Gasteiger partial charge is 0.234 e. The first-order chi connectivity index (χ1) is 9.34. The number of primary amides is 1. The average molecular weight is 284 g/mol. The van der Waals surface area contributed by atoms with Gasteiger partial charge in [-0.05, 0) is 46.2 Å². The van der Waals surface area contributed by atoms with Gasteiger partial charge < -0.3 is 16.4 Å². The highest BCUT2D eigenvalue weighted by Gasteiger charge is 2.26. The summed E-state index contributed by atoms with van der Waals surface area (Å²) in [6.45, 7) is 8.24. The number of nitrogens with two attached hydrogens (primary N) is 1. The Bertz CT molecular complexity index is 338. The van der Waals surface area contributed by atoms with Crippen LogP contribution in [0.4, 0.5) is 0 Å². The van der Waals surface area contributed by atoms with Crippen molar-refractivity contribution in [2.45, 2.75) is 51.6 Å². The average Bonchev–Trinajstić information content (AvgIpc) is 2.38. The maximum absolute atomic E-state index is 12.1. The molecule has 116 valence electrons. The van der Waals surface area contributed by atoms with Crippen molar-refractivity contribution in [3.8, 4) is 0 Å². The summed E-state index contributed by atoms with van der Waals surface area (Å²) < 4.78 is 0.